The Bertz CT molecular complexity index is 898. The Balaban J connectivity index is 1.92. The quantitative estimate of drug-likeness (QED) is 0.310. The van der Waals surface area contributed by atoms with Crippen LogP contribution in [0.2, 0.25) is 36.3 Å². The van der Waals surface area contributed by atoms with Crippen LogP contribution in [-0.2, 0) is 8.85 Å². The number of hydrogen-bond donors (Lipinski definition) is 0. The summed E-state index contributed by atoms with van der Waals surface area (Å²) in [5.74, 6) is 1.65. The Morgan fingerprint density at radius 1 is 0.946 bits per heavy atom. The monoisotopic (exact) mass is 544 g/mol. The van der Waals surface area contributed by atoms with Crippen molar-refractivity contribution in [3.63, 3.8) is 0 Å². The topological polar surface area (TPSA) is 18.5 Å². The molecule has 0 aliphatic heterocycles. The van der Waals surface area contributed by atoms with Crippen molar-refractivity contribution in [3.05, 3.63) is 35.5 Å². The van der Waals surface area contributed by atoms with Crippen LogP contribution in [0.25, 0.3) is 0 Å². The minimum atomic E-state index is -1.93. The van der Waals surface area contributed by atoms with E-state index >= 15 is 0 Å². The van der Waals surface area contributed by atoms with Crippen LogP contribution in [0.5, 0.6) is 0 Å². The molecule has 0 saturated heterocycles. The second-order valence-corrected chi connectivity index (χ2v) is 25.4. The van der Waals surface area contributed by atoms with Gasteiger partial charge in [0.05, 0.1) is 12.2 Å². The van der Waals surface area contributed by atoms with E-state index in [1.807, 2.05) is 0 Å². The van der Waals surface area contributed by atoms with Crippen LogP contribution in [0, 0.1) is 17.3 Å². The molecule has 0 aromatic carbocycles. The lowest BCUT2D eigenvalue weighted by Gasteiger charge is -2.45. The van der Waals surface area contributed by atoms with Gasteiger partial charge in [0.15, 0.2) is 16.6 Å². The maximum Gasteiger partial charge on any atom is 0.192 e. The number of rotatable bonds is 6. The van der Waals surface area contributed by atoms with Crippen molar-refractivity contribution in [1.82, 2.24) is 0 Å². The molecule has 0 unspecified atom stereocenters. The molecule has 0 aromatic rings. The molecule has 0 heterocycles. The van der Waals surface area contributed by atoms with E-state index in [0.29, 0.717) is 5.41 Å². The smallest absolute Gasteiger partial charge is 0.192 e. The summed E-state index contributed by atoms with van der Waals surface area (Å²) >= 11 is 0. The fraction of sp³-hybridized carbons (Fsp3) is 0.818. The molecule has 0 spiro atoms. The Hall–Kier alpha value is -0.426. The first-order valence-electron chi connectivity index (χ1n) is 15.3. The molecule has 3 saturated carbocycles. The zero-order valence-electron chi connectivity index (χ0n) is 26.6. The highest BCUT2D eigenvalue weighted by atomic mass is 28.4. The van der Waals surface area contributed by atoms with Gasteiger partial charge < -0.3 is 8.85 Å². The van der Waals surface area contributed by atoms with Crippen LogP contribution < -0.4 is 0 Å². The van der Waals surface area contributed by atoms with E-state index < -0.39 is 16.6 Å². The summed E-state index contributed by atoms with van der Waals surface area (Å²) in [4.78, 5) is 0. The fourth-order valence-electron chi connectivity index (χ4n) is 6.78. The summed E-state index contributed by atoms with van der Waals surface area (Å²) < 4.78 is 14.1. The van der Waals surface area contributed by atoms with Crippen LogP contribution in [0.1, 0.15) is 107 Å². The maximum absolute atomic E-state index is 7.04. The van der Waals surface area contributed by atoms with E-state index in [0.717, 1.165) is 24.7 Å². The van der Waals surface area contributed by atoms with Gasteiger partial charge >= 0.3 is 0 Å². The van der Waals surface area contributed by atoms with E-state index in [4.69, 9.17) is 8.85 Å². The molecule has 0 aromatic heterocycles. The van der Waals surface area contributed by atoms with Gasteiger partial charge in [0.1, 0.15) is 0 Å². The van der Waals surface area contributed by atoms with E-state index in [1.54, 1.807) is 5.57 Å². The molecule has 5 atom stereocenters. The molecule has 3 rings (SSSR count). The SMILES string of the molecule is C=C1/C(=C\C=C2/CCC[C@]3(C)[C@@H](CC)CC[C@@H]23)C[C@@H](O[Si](C)(C)C(C)(C)C)C[C@@H]1O[Si](C)(C)C(C)(C)C. The lowest BCUT2D eigenvalue weighted by atomic mass is 9.63. The molecule has 0 radical (unpaired) electrons. The van der Waals surface area contributed by atoms with Gasteiger partial charge in [-0.1, -0.05) is 86.1 Å². The van der Waals surface area contributed by atoms with Crippen molar-refractivity contribution in [2.45, 2.75) is 155 Å². The first kappa shape index (κ1) is 31.1. The highest BCUT2D eigenvalue weighted by Gasteiger charge is 2.48. The Morgan fingerprint density at radius 3 is 2.11 bits per heavy atom. The normalized spacial score (nSPS) is 34.3. The average molecular weight is 545 g/mol. The first-order chi connectivity index (χ1) is 16.8. The van der Waals surface area contributed by atoms with Gasteiger partial charge in [-0.05, 0) is 103 Å². The highest BCUT2D eigenvalue weighted by Crippen LogP contribution is 2.58. The summed E-state index contributed by atoms with van der Waals surface area (Å²) in [7, 11) is -3.81. The maximum atomic E-state index is 7.04. The third kappa shape index (κ3) is 6.49. The standard InChI is InChI=1S/C33H60O2Si2/c1-14-27-19-20-29-25(16-15-21-33(27,29)9)17-18-26-22-28(34-36(10,11)31(3,4)5)23-30(24(26)2)35-37(12,13)32(6,7)8/h17-18,27-30H,2,14-16,19-23H2,1,3-13H3/b25-17+,26-18-/t27-,28+,29-,30-,33+/m0/s1. The largest absolute Gasteiger partial charge is 0.413 e. The van der Waals surface area contributed by atoms with Crippen LogP contribution in [0.4, 0.5) is 0 Å². The Morgan fingerprint density at radius 2 is 1.54 bits per heavy atom. The first-order valence-corrected chi connectivity index (χ1v) is 21.1. The summed E-state index contributed by atoms with van der Waals surface area (Å²) in [6.45, 7) is 33.2. The lowest BCUT2D eigenvalue weighted by molar-refractivity contribution is 0.0969. The molecule has 4 heteroatoms. The molecule has 3 fully saturated rings. The second-order valence-electron chi connectivity index (χ2n) is 15.9. The zero-order valence-corrected chi connectivity index (χ0v) is 28.6. The Kier molecular flexibility index (Phi) is 9.13. The number of fused-ring (bicyclic) bond motifs is 1. The van der Waals surface area contributed by atoms with Crippen molar-refractivity contribution in [2.75, 3.05) is 0 Å². The second kappa shape index (κ2) is 10.9. The van der Waals surface area contributed by atoms with Crippen LogP contribution >= 0.6 is 0 Å². The lowest BCUT2D eigenvalue weighted by Crippen LogP contribution is -2.49. The molecule has 37 heavy (non-hydrogen) atoms. The molecule has 212 valence electrons. The van der Waals surface area contributed by atoms with Gasteiger partial charge in [-0.15, -0.1) is 0 Å². The molecular weight excluding hydrogens is 485 g/mol. The van der Waals surface area contributed by atoms with Crippen LogP contribution in [-0.4, -0.2) is 28.8 Å². The molecule has 3 aliphatic rings. The predicted molar refractivity (Wildman–Crippen MR) is 167 cm³/mol. The van der Waals surface area contributed by atoms with Crippen molar-refractivity contribution in [1.29, 1.82) is 0 Å². The number of allylic oxidation sites excluding steroid dienone is 3. The van der Waals surface area contributed by atoms with E-state index in [-0.39, 0.29) is 22.3 Å². The summed E-state index contributed by atoms with van der Waals surface area (Å²) in [6.07, 6.45) is 15.2. The van der Waals surface area contributed by atoms with Gasteiger partial charge in [-0.25, -0.2) is 0 Å². The minimum Gasteiger partial charge on any atom is -0.413 e. The van der Waals surface area contributed by atoms with E-state index in [2.05, 4.69) is 100 Å². The van der Waals surface area contributed by atoms with Gasteiger partial charge in [-0.3, -0.25) is 0 Å². The van der Waals surface area contributed by atoms with E-state index in [9.17, 15) is 0 Å². The van der Waals surface area contributed by atoms with Crippen LogP contribution in [0.3, 0.4) is 0 Å². The minimum absolute atomic E-state index is 0.0571. The fourth-order valence-corrected chi connectivity index (χ4v) is 9.45. The average Bonchev–Trinajstić information content (AvgIpc) is 3.09. The summed E-state index contributed by atoms with van der Waals surface area (Å²) in [6, 6.07) is 0. The van der Waals surface area contributed by atoms with Crippen molar-refractivity contribution < 1.29 is 8.85 Å². The van der Waals surface area contributed by atoms with Gasteiger partial charge in [-0.2, -0.15) is 0 Å². The molecule has 3 aliphatic carbocycles. The molecular formula is C33H60O2Si2. The molecule has 0 N–H and O–H groups in total. The van der Waals surface area contributed by atoms with Crippen molar-refractivity contribution in [3.8, 4) is 0 Å². The summed E-state index contributed by atoms with van der Waals surface area (Å²) in [5, 5.41) is 0.380. The van der Waals surface area contributed by atoms with Gasteiger partial charge in [0.2, 0.25) is 0 Å². The third-order valence-corrected chi connectivity index (χ3v) is 20.4. The third-order valence-electron chi connectivity index (χ3n) is 11.4. The van der Waals surface area contributed by atoms with Crippen LogP contribution in [0.15, 0.2) is 35.5 Å². The van der Waals surface area contributed by atoms with Gasteiger partial charge in [0.25, 0.3) is 0 Å². The van der Waals surface area contributed by atoms with Crippen molar-refractivity contribution >= 4 is 16.6 Å². The molecule has 2 nitrogen and oxygen atoms in total. The molecule has 0 amide bonds. The molecule has 0 bridgehead atoms. The zero-order chi connectivity index (χ0) is 28.0. The summed E-state index contributed by atoms with van der Waals surface area (Å²) in [5.41, 5.74) is 4.76. The number of hydrogen-bond acceptors (Lipinski definition) is 2. The Labute approximate surface area is 233 Å². The van der Waals surface area contributed by atoms with Crippen molar-refractivity contribution in [2.24, 2.45) is 17.3 Å². The van der Waals surface area contributed by atoms with Gasteiger partial charge in [0, 0.05) is 6.42 Å². The van der Waals surface area contributed by atoms with E-state index in [1.165, 1.54) is 49.7 Å². The highest BCUT2D eigenvalue weighted by molar-refractivity contribution is 6.74. The predicted octanol–water partition coefficient (Wildman–Crippen LogP) is 10.6.